The maximum Gasteiger partial charge on any atom is 0.256 e. The highest BCUT2D eigenvalue weighted by atomic mass is 16.3. The molecule has 2 atom stereocenters. The second kappa shape index (κ2) is 6.71. The van der Waals surface area contributed by atoms with Gasteiger partial charge in [-0.2, -0.15) is 0 Å². The van der Waals surface area contributed by atoms with E-state index in [0.29, 0.717) is 24.7 Å². The fourth-order valence-electron chi connectivity index (χ4n) is 3.40. The lowest BCUT2D eigenvalue weighted by Gasteiger charge is -2.31. The summed E-state index contributed by atoms with van der Waals surface area (Å²) >= 11 is 0. The largest absolute Gasteiger partial charge is 0.378 e. The normalized spacial score (nSPS) is 22.0. The number of likely N-dealkylation sites (tertiary alicyclic amines) is 1. The Hall–Kier alpha value is -1.88. The van der Waals surface area contributed by atoms with Crippen molar-refractivity contribution in [2.45, 2.75) is 50.8 Å². The first-order valence-electron chi connectivity index (χ1n) is 8.38. The molecule has 0 unspecified atom stereocenters. The van der Waals surface area contributed by atoms with E-state index in [9.17, 15) is 14.7 Å². The summed E-state index contributed by atoms with van der Waals surface area (Å²) in [4.78, 5) is 28.1. The molecule has 1 heterocycles. The number of nitrogens with zero attached hydrogens (tertiary/aromatic N) is 2. The maximum atomic E-state index is 12.7. The maximum absolute atomic E-state index is 12.7. The Balaban J connectivity index is 1.68. The lowest BCUT2D eigenvalue weighted by Crippen LogP contribution is -2.46. The van der Waals surface area contributed by atoms with Crippen LogP contribution in [0, 0.1) is 0 Å². The monoisotopic (exact) mass is 316 g/mol. The minimum absolute atomic E-state index is 0.0189. The van der Waals surface area contributed by atoms with Gasteiger partial charge in [-0.15, -0.1) is 0 Å². The lowest BCUT2D eigenvalue weighted by molar-refractivity contribution is -0.143. The van der Waals surface area contributed by atoms with Gasteiger partial charge in [-0.3, -0.25) is 9.59 Å². The van der Waals surface area contributed by atoms with Crippen LogP contribution in [-0.4, -0.2) is 51.9 Å². The highest BCUT2D eigenvalue weighted by Gasteiger charge is 2.38. The molecular weight excluding hydrogens is 292 g/mol. The molecule has 0 bridgehead atoms. The Bertz CT molecular complexity index is 571. The van der Waals surface area contributed by atoms with Gasteiger partial charge >= 0.3 is 0 Å². The van der Waals surface area contributed by atoms with Crippen LogP contribution in [0.15, 0.2) is 30.3 Å². The second-order valence-corrected chi connectivity index (χ2v) is 6.54. The van der Waals surface area contributed by atoms with E-state index in [1.165, 1.54) is 0 Å². The molecule has 124 valence electrons. The van der Waals surface area contributed by atoms with Crippen LogP contribution in [0.1, 0.15) is 44.3 Å². The summed E-state index contributed by atoms with van der Waals surface area (Å²) in [6, 6.07) is 9.39. The van der Waals surface area contributed by atoms with Gasteiger partial charge in [0.2, 0.25) is 5.91 Å². The van der Waals surface area contributed by atoms with Gasteiger partial charge in [0.25, 0.3) is 5.91 Å². The van der Waals surface area contributed by atoms with Crippen molar-refractivity contribution in [2.75, 3.05) is 13.1 Å². The Labute approximate surface area is 136 Å². The van der Waals surface area contributed by atoms with Crippen molar-refractivity contribution < 1.29 is 14.7 Å². The topological polar surface area (TPSA) is 60.9 Å². The zero-order chi connectivity index (χ0) is 16.4. The van der Waals surface area contributed by atoms with Crippen LogP contribution in [0.25, 0.3) is 0 Å². The van der Waals surface area contributed by atoms with Gasteiger partial charge in [0.05, 0.1) is 0 Å². The third-order valence-corrected chi connectivity index (χ3v) is 4.81. The zero-order valence-electron chi connectivity index (χ0n) is 13.5. The number of amides is 2. The van der Waals surface area contributed by atoms with E-state index < -0.39 is 6.10 Å². The molecule has 1 aliphatic heterocycles. The summed E-state index contributed by atoms with van der Waals surface area (Å²) < 4.78 is 0. The molecule has 2 aliphatic rings. The lowest BCUT2D eigenvalue weighted by atomic mass is 10.1. The van der Waals surface area contributed by atoms with Gasteiger partial charge < -0.3 is 14.9 Å². The summed E-state index contributed by atoms with van der Waals surface area (Å²) in [5, 5.41) is 10.4. The van der Waals surface area contributed by atoms with E-state index in [2.05, 4.69) is 0 Å². The summed E-state index contributed by atoms with van der Waals surface area (Å²) in [5.74, 6) is -0.173. The van der Waals surface area contributed by atoms with Crippen molar-refractivity contribution in [2.24, 2.45) is 0 Å². The van der Waals surface area contributed by atoms with Crippen LogP contribution in [0.2, 0.25) is 0 Å². The van der Waals surface area contributed by atoms with Crippen molar-refractivity contribution in [3.63, 3.8) is 0 Å². The minimum atomic E-state index is -1.12. The Morgan fingerprint density at radius 2 is 1.96 bits per heavy atom. The fraction of sp³-hybridized carbons (Fsp3) is 0.556. The van der Waals surface area contributed by atoms with Crippen LogP contribution in [0.3, 0.4) is 0 Å². The molecule has 1 aromatic rings. The van der Waals surface area contributed by atoms with Crippen molar-refractivity contribution in [1.82, 2.24) is 9.80 Å². The standard InChI is InChI=1S/C18H24N2O3/c1-13(21)20(15-9-10-15)12-16-8-5-11-19(16)18(23)17(22)14-6-3-2-4-7-14/h2-4,6-7,15-17,22H,5,8-12H2,1H3/t16-,17+/m1/s1. The first kappa shape index (κ1) is 16.0. The Kier molecular flexibility index (Phi) is 4.66. The zero-order valence-corrected chi connectivity index (χ0v) is 13.5. The molecule has 1 N–H and O–H groups in total. The third-order valence-electron chi connectivity index (χ3n) is 4.81. The van der Waals surface area contributed by atoms with Crippen molar-refractivity contribution in [1.29, 1.82) is 0 Å². The number of rotatable bonds is 5. The number of hydrogen-bond acceptors (Lipinski definition) is 3. The van der Waals surface area contributed by atoms with E-state index in [1.54, 1.807) is 24.0 Å². The fourth-order valence-corrected chi connectivity index (χ4v) is 3.40. The molecule has 5 heteroatoms. The molecule has 1 saturated carbocycles. The molecule has 2 amide bonds. The average molecular weight is 316 g/mol. The molecule has 1 saturated heterocycles. The molecule has 3 rings (SSSR count). The molecule has 1 aliphatic carbocycles. The van der Waals surface area contributed by atoms with E-state index in [-0.39, 0.29) is 17.9 Å². The van der Waals surface area contributed by atoms with Crippen molar-refractivity contribution >= 4 is 11.8 Å². The van der Waals surface area contributed by atoms with Crippen molar-refractivity contribution in [3.8, 4) is 0 Å². The third kappa shape index (κ3) is 3.55. The smallest absolute Gasteiger partial charge is 0.256 e. The van der Waals surface area contributed by atoms with E-state index >= 15 is 0 Å². The number of carbonyl (C=O) groups excluding carboxylic acids is 2. The van der Waals surface area contributed by atoms with Crippen LogP contribution >= 0.6 is 0 Å². The molecule has 23 heavy (non-hydrogen) atoms. The molecule has 0 aromatic heterocycles. The molecular formula is C18H24N2O3. The second-order valence-electron chi connectivity index (χ2n) is 6.54. The summed E-state index contributed by atoms with van der Waals surface area (Å²) in [7, 11) is 0. The van der Waals surface area contributed by atoms with Gasteiger partial charge in [-0.25, -0.2) is 0 Å². The first-order valence-corrected chi connectivity index (χ1v) is 8.38. The van der Waals surface area contributed by atoms with E-state index in [0.717, 1.165) is 25.7 Å². The number of carbonyl (C=O) groups is 2. The Morgan fingerprint density at radius 3 is 2.57 bits per heavy atom. The predicted molar refractivity (Wildman–Crippen MR) is 86.5 cm³/mol. The first-order chi connectivity index (χ1) is 11.1. The minimum Gasteiger partial charge on any atom is -0.378 e. The number of aliphatic hydroxyl groups is 1. The van der Waals surface area contributed by atoms with Crippen molar-refractivity contribution in [3.05, 3.63) is 35.9 Å². The van der Waals surface area contributed by atoms with Crippen LogP contribution in [0.4, 0.5) is 0 Å². The highest BCUT2D eigenvalue weighted by Crippen LogP contribution is 2.30. The van der Waals surface area contributed by atoms with Gasteiger partial charge in [0.15, 0.2) is 6.10 Å². The number of hydrogen-bond donors (Lipinski definition) is 1. The van der Waals surface area contributed by atoms with Crippen LogP contribution in [-0.2, 0) is 9.59 Å². The molecule has 1 aromatic carbocycles. The molecule has 0 radical (unpaired) electrons. The van der Waals surface area contributed by atoms with Crippen LogP contribution < -0.4 is 0 Å². The average Bonchev–Trinajstić information content (AvgIpc) is 3.29. The summed E-state index contributed by atoms with van der Waals surface area (Å²) in [5.41, 5.74) is 0.619. The highest BCUT2D eigenvalue weighted by molar-refractivity contribution is 5.82. The Morgan fingerprint density at radius 1 is 1.26 bits per heavy atom. The molecule has 0 spiro atoms. The van der Waals surface area contributed by atoms with E-state index in [1.807, 2.05) is 23.1 Å². The summed E-state index contributed by atoms with van der Waals surface area (Å²) in [6.07, 6.45) is 2.82. The molecule has 5 nitrogen and oxygen atoms in total. The van der Waals surface area contributed by atoms with Gasteiger partial charge in [0, 0.05) is 32.1 Å². The van der Waals surface area contributed by atoms with E-state index in [4.69, 9.17) is 0 Å². The predicted octanol–water partition coefficient (Wildman–Crippen LogP) is 1.72. The number of aliphatic hydroxyl groups excluding tert-OH is 1. The van der Waals surface area contributed by atoms with Gasteiger partial charge in [0.1, 0.15) is 0 Å². The quantitative estimate of drug-likeness (QED) is 0.900. The molecule has 2 fully saturated rings. The SMILES string of the molecule is CC(=O)N(C[C@H]1CCCN1C(=O)[C@@H](O)c1ccccc1)C1CC1. The number of benzene rings is 1. The van der Waals surface area contributed by atoms with Gasteiger partial charge in [-0.1, -0.05) is 30.3 Å². The van der Waals surface area contributed by atoms with Crippen LogP contribution in [0.5, 0.6) is 0 Å². The summed E-state index contributed by atoms with van der Waals surface area (Å²) in [6.45, 7) is 2.84. The van der Waals surface area contributed by atoms with Gasteiger partial charge in [-0.05, 0) is 31.2 Å².